The fourth-order valence-corrected chi connectivity index (χ4v) is 5.50. The average molecular weight is 478 g/mol. The van der Waals surface area contributed by atoms with Crippen LogP contribution >= 0.6 is 0 Å². The van der Waals surface area contributed by atoms with Gasteiger partial charge < -0.3 is 19.3 Å². The van der Waals surface area contributed by atoms with Crippen LogP contribution in [0, 0.1) is 5.92 Å². The Morgan fingerprint density at radius 2 is 1.66 bits per heavy atom. The summed E-state index contributed by atoms with van der Waals surface area (Å²) in [5, 5.41) is 0. The van der Waals surface area contributed by atoms with Gasteiger partial charge in [-0.3, -0.25) is 14.4 Å². The van der Waals surface area contributed by atoms with Gasteiger partial charge in [-0.1, -0.05) is 6.07 Å². The molecule has 3 amide bonds. The number of carbonyl (C=O) groups is 3. The van der Waals surface area contributed by atoms with Crippen molar-refractivity contribution in [2.75, 3.05) is 50.2 Å². The summed E-state index contributed by atoms with van der Waals surface area (Å²) >= 11 is 0. The van der Waals surface area contributed by atoms with Crippen LogP contribution in [0.25, 0.3) is 0 Å². The normalized spacial score (nSPS) is 20.2. The predicted octanol–water partition coefficient (Wildman–Crippen LogP) is 3.73. The number of carbonyl (C=O) groups excluding carboxylic acids is 3. The number of piperidine rings is 2. The molecule has 8 heteroatoms. The first-order chi connectivity index (χ1) is 17.0. The van der Waals surface area contributed by atoms with Gasteiger partial charge in [0.05, 0.1) is 42.6 Å². The summed E-state index contributed by atoms with van der Waals surface area (Å²) in [6.45, 7) is 2.98. The summed E-state index contributed by atoms with van der Waals surface area (Å²) in [5.74, 6) is 0.362. The fraction of sp³-hybridized carbons (Fsp3) is 0.444. The minimum atomic E-state index is -0.364. The number of fused-ring (bicyclic) bond motifs is 1. The van der Waals surface area contributed by atoms with Gasteiger partial charge in [-0.05, 0) is 56.4 Å². The Morgan fingerprint density at radius 3 is 2.40 bits per heavy atom. The number of hydrogen-bond acceptors (Lipinski definition) is 6. The van der Waals surface area contributed by atoms with E-state index < -0.39 is 0 Å². The quantitative estimate of drug-likeness (QED) is 0.611. The molecular weight excluding hydrogens is 446 g/mol. The smallest absolute Gasteiger partial charge is 0.268 e. The molecule has 184 valence electrons. The number of ether oxygens (including phenoxy) is 2. The largest absolute Gasteiger partial charge is 0.493 e. The Kier molecular flexibility index (Phi) is 6.36. The number of benzene rings is 2. The van der Waals surface area contributed by atoms with Gasteiger partial charge in [0, 0.05) is 32.2 Å². The Bertz CT molecular complexity index is 1160. The maximum absolute atomic E-state index is 13.6. The van der Waals surface area contributed by atoms with Crippen molar-refractivity contribution in [3.63, 3.8) is 0 Å². The zero-order chi connectivity index (χ0) is 24.5. The number of imide groups is 1. The first-order valence-corrected chi connectivity index (χ1v) is 12.3. The van der Waals surface area contributed by atoms with E-state index in [1.807, 2.05) is 17.0 Å². The third-order valence-corrected chi connectivity index (χ3v) is 7.30. The molecular formula is C27H31N3O5. The summed E-state index contributed by atoms with van der Waals surface area (Å²) in [4.78, 5) is 45.4. The van der Waals surface area contributed by atoms with Gasteiger partial charge in [0.25, 0.3) is 11.8 Å². The monoisotopic (exact) mass is 477 g/mol. The lowest BCUT2D eigenvalue weighted by atomic mass is 9.94. The molecule has 35 heavy (non-hydrogen) atoms. The summed E-state index contributed by atoms with van der Waals surface area (Å²) in [6, 6.07) is 10.4. The van der Waals surface area contributed by atoms with Crippen LogP contribution in [0.4, 0.5) is 11.4 Å². The van der Waals surface area contributed by atoms with E-state index in [1.54, 1.807) is 24.3 Å². The van der Waals surface area contributed by atoms with E-state index in [9.17, 15) is 14.4 Å². The van der Waals surface area contributed by atoms with Gasteiger partial charge in [0.1, 0.15) is 0 Å². The molecule has 0 aliphatic carbocycles. The molecule has 0 spiro atoms. The lowest BCUT2D eigenvalue weighted by Crippen LogP contribution is -2.46. The van der Waals surface area contributed by atoms with Crippen LogP contribution in [-0.2, 0) is 4.79 Å². The van der Waals surface area contributed by atoms with Crippen molar-refractivity contribution in [1.29, 1.82) is 0 Å². The second-order valence-corrected chi connectivity index (χ2v) is 9.36. The van der Waals surface area contributed by atoms with E-state index in [-0.39, 0.29) is 23.6 Å². The Balaban J connectivity index is 1.42. The zero-order valence-electron chi connectivity index (χ0n) is 20.3. The molecule has 3 heterocycles. The standard InChI is InChI=1S/C27H31N3O5/c1-34-22-12-11-19(16-23(22)35-2)30-26(32)20-9-6-10-21(24(20)27(30)33)29-15-7-8-18(17-29)25(31)28-13-4-3-5-14-28/h6,9-12,16,18H,3-5,7-8,13-15,17H2,1-2H3/t18-/m0/s1. The van der Waals surface area contributed by atoms with Crippen molar-refractivity contribution in [3.05, 3.63) is 47.5 Å². The molecule has 8 nitrogen and oxygen atoms in total. The van der Waals surface area contributed by atoms with Gasteiger partial charge in [-0.15, -0.1) is 0 Å². The van der Waals surface area contributed by atoms with E-state index in [1.165, 1.54) is 25.5 Å². The molecule has 2 fully saturated rings. The maximum Gasteiger partial charge on any atom is 0.268 e. The SMILES string of the molecule is COc1ccc(N2C(=O)c3cccc(N4CCC[C@H](C(=O)N5CCCCC5)C4)c3C2=O)cc1OC. The number of anilines is 2. The van der Waals surface area contributed by atoms with E-state index in [4.69, 9.17) is 9.47 Å². The highest BCUT2D eigenvalue weighted by atomic mass is 16.5. The molecule has 0 unspecified atom stereocenters. The van der Waals surface area contributed by atoms with E-state index in [0.717, 1.165) is 51.0 Å². The topological polar surface area (TPSA) is 79.4 Å². The highest BCUT2D eigenvalue weighted by Crippen LogP contribution is 2.39. The molecule has 1 atom stereocenters. The Hall–Kier alpha value is -3.55. The summed E-state index contributed by atoms with van der Waals surface area (Å²) in [5.41, 5.74) is 1.93. The molecule has 2 aromatic carbocycles. The molecule has 3 aliphatic rings. The number of amides is 3. The highest BCUT2D eigenvalue weighted by molar-refractivity contribution is 6.36. The number of hydrogen-bond donors (Lipinski definition) is 0. The number of rotatable bonds is 5. The van der Waals surface area contributed by atoms with Crippen LogP contribution in [0.3, 0.4) is 0 Å². The molecule has 0 N–H and O–H groups in total. The van der Waals surface area contributed by atoms with Crippen molar-refractivity contribution in [1.82, 2.24) is 4.90 Å². The summed E-state index contributed by atoms with van der Waals surface area (Å²) < 4.78 is 10.7. The molecule has 3 aliphatic heterocycles. The van der Waals surface area contributed by atoms with Gasteiger partial charge in [-0.25, -0.2) is 4.90 Å². The van der Waals surface area contributed by atoms with Crippen LogP contribution in [-0.4, -0.2) is 63.0 Å². The lowest BCUT2D eigenvalue weighted by molar-refractivity contribution is -0.136. The second-order valence-electron chi connectivity index (χ2n) is 9.36. The molecule has 2 saturated heterocycles. The third-order valence-electron chi connectivity index (χ3n) is 7.30. The molecule has 0 bridgehead atoms. The van der Waals surface area contributed by atoms with Crippen LogP contribution in [0.2, 0.25) is 0 Å². The van der Waals surface area contributed by atoms with Crippen LogP contribution in [0.15, 0.2) is 36.4 Å². The number of methoxy groups -OCH3 is 2. The number of nitrogens with zero attached hydrogens (tertiary/aromatic N) is 3. The van der Waals surface area contributed by atoms with Crippen LogP contribution in [0.5, 0.6) is 11.5 Å². The Morgan fingerprint density at radius 1 is 0.886 bits per heavy atom. The molecule has 2 aromatic rings. The van der Waals surface area contributed by atoms with Crippen molar-refractivity contribution >= 4 is 29.1 Å². The van der Waals surface area contributed by atoms with Gasteiger partial charge in [0.2, 0.25) is 5.91 Å². The van der Waals surface area contributed by atoms with Gasteiger partial charge in [-0.2, -0.15) is 0 Å². The van der Waals surface area contributed by atoms with Crippen molar-refractivity contribution in [2.45, 2.75) is 32.1 Å². The van der Waals surface area contributed by atoms with Crippen molar-refractivity contribution in [3.8, 4) is 11.5 Å². The number of likely N-dealkylation sites (tertiary alicyclic amines) is 1. The first-order valence-electron chi connectivity index (χ1n) is 12.3. The van der Waals surface area contributed by atoms with E-state index in [2.05, 4.69) is 4.90 Å². The lowest BCUT2D eigenvalue weighted by Gasteiger charge is -2.37. The molecule has 0 saturated carbocycles. The predicted molar refractivity (Wildman–Crippen MR) is 132 cm³/mol. The van der Waals surface area contributed by atoms with E-state index >= 15 is 0 Å². The fourth-order valence-electron chi connectivity index (χ4n) is 5.50. The molecule has 5 rings (SSSR count). The van der Waals surface area contributed by atoms with Crippen molar-refractivity contribution < 1.29 is 23.9 Å². The van der Waals surface area contributed by atoms with E-state index in [0.29, 0.717) is 34.9 Å². The summed E-state index contributed by atoms with van der Waals surface area (Å²) in [6.07, 6.45) is 5.04. The third kappa shape index (κ3) is 4.11. The van der Waals surface area contributed by atoms with Crippen LogP contribution < -0.4 is 19.3 Å². The average Bonchev–Trinajstić information content (AvgIpc) is 3.18. The maximum atomic E-state index is 13.6. The molecule has 0 aromatic heterocycles. The summed E-state index contributed by atoms with van der Waals surface area (Å²) in [7, 11) is 3.05. The van der Waals surface area contributed by atoms with Gasteiger partial charge >= 0.3 is 0 Å². The Labute approximate surface area is 205 Å². The van der Waals surface area contributed by atoms with Gasteiger partial charge in [0.15, 0.2) is 11.5 Å². The zero-order valence-corrected chi connectivity index (χ0v) is 20.3. The van der Waals surface area contributed by atoms with Crippen LogP contribution in [0.1, 0.15) is 52.8 Å². The van der Waals surface area contributed by atoms with Crippen molar-refractivity contribution in [2.24, 2.45) is 5.92 Å². The highest BCUT2D eigenvalue weighted by Gasteiger charge is 2.41. The second kappa shape index (κ2) is 9.60. The first kappa shape index (κ1) is 23.2. The molecule has 0 radical (unpaired) electrons. The minimum Gasteiger partial charge on any atom is -0.493 e. The minimum absolute atomic E-state index is 0.0909.